The van der Waals surface area contributed by atoms with E-state index in [1.165, 1.54) is 5.56 Å². The van der Waals surface area contributed by atoms with Gasteiger partial charge in [-0.2, -0.15) is 0 Å². The summed E-state index contributed by atoms with van der Waals surface area (Å²) in [5, 5.41) is 0. The first-order valence-corrected chi connectivity index (χ1v) is 9.94. The molecule has 0 bridgehead atoms. The van der Waals surface area contributed by atoms with Crippen molar-refractivity contribution in [3.05, 3.63) is 35.4 Å². The van der Waals surface area contributed by atoms with Crippen LogP contribution in [-0.4, -0.2) is 41.3 Å². The smallest absolute Gasteiger partial charge is 0.410 e. The number of hydrogen-bond acceptors (Lipinski definition) is 4. The molecule has 5 heteroatoms. The molecule has 1 aromatic rings. The number of amides is 1. The maximum absolute atomic E-state index is 12.3. The summed E-state index contributed by atoms with van der Waals surface area (Å²) >= 11 is 0. The van der Waals surface area contributed by atoms with Gasteiger partial charge >= 0.3 is 12.1 Å². The highest BCUT2D eigenvalue weighted by Crippen LogP contribution is 2.14. The Labute approximate surface area is 164 Å². The zero-order valence-corrected chi connectivity index (χ0v) is 17.8. The van der Waals surface area contributed by atoms with Gasteiger partial charge in [0.15, 0.2) is 0 Å². The molecule has 0 spiro atoms. The normalized spacial score (nSPS) is 13.4. The predicted octanol–water partition coefficient (Wildman–Crippen LogP) is 5.22. The fourth-order valence-corrected chi connectivity index (χ4v) is 3.16. The minimum atomic E-state index is -0.352. The van der Waals surface area contributed by atoms with Crippen LogP contribution in [0.5, 0.6) is 0 Å². The molecule has 5 nitrogen and oxygen atoms in total. The van der Waals surface area contributed by atoms with Gasteiger partial charge in [0, 0.05) is 18.5 Å². The Morgan fingerprint density at radius 3 is 1.89 bits per heavy atom. The molecule has 0 saturated carbocycles. The molecule has 27 heavy (non-hydrogen) atoms. The van der Waals surface area contributed by atoms with Gasteiger partial charge in [0.1, 0.15) is 12.2 Å². The Hall–Kier alpha value is -2.04. The van der Waals surface area contributed by atoms with Crippen LogP contribution in [0.15, 0.2) is 24.3 Å². The summed E-state index contributed by atoms with van der Waals surface area (Å²) in [7, 11) is 0. The van der Waals surface area contributed by atoms with E-state index in [1.807, 2.05) is 53.7 Å². The Kier molecular flexibility index (Phi) is 9.33. The molecule has 2 atom stereocenters. The molecule has 0 aliphatic heterocycles. The lowest BCUT2D eigenvalue weighted by atomic mass is 10.1. The lowest BCUT2D eigenvalue weighted by molar-refractivity contribution is 0.00974. The van der Waals surface area contributed by atoms with Crippen molar-refractivity contribution >= 4 is 12.1 Å². The van der Waals surface area contributed by atoms with E-state index in [0.29, 0.717) is 12.0 Å². The summed E-state index contributed by atoms with van der Waals surface area (Å²) < 4.78 is 11.0. The molecule has 0 saturated heterocycles. The molecule has 0 radical (unpaired) electrons. The monoisotopic (exact) mass is 377 g/mol. The van der Waals surface area contributed by atoms with Crippen molar-refractivity contribution < 1.29 is 19.1 Å². The van der Waals surface area contributed by atoms with Crippen LogP contribution in [0.1, 0.15) is 77.2 Å². The average molecular weight is 378 g/mol. The quantitative estimate of drug-likeness (QED) is 0.554. The van der Waals surface area contributed by atoms with Crippen molar-refractivity contribution in [2.75, 3.05) is 0 Å². The first-order valence-electron chi connectivity index (χ1n) is 9.94. The van der Waals surface area contributed by atoms with E-state index >= 15 is 0 Å². The minimum Gasteiger partial charge on any atom is -0.459 e. The van der Waals surface area contributed by atoms with E-state index in [0.717, 1.165) is 12.8 Å². The van der Waals surface area contributed by atoms with E-state index < -0.39 is 0 Å². The third-order valence-corrected chi connectivity index (χ3v) is 4.33. The van der Waals surface area contributed by atoms with Gasteiger partial charge < -0.3 is 14.4 Å². The number of esters is 1. The number of benzene rings is 1. The number of rotatable bonds is 9. The van der Waals surface area contributed by atoms with Gasteiger partial charge in [0.05, 0.1) is 5.56 Å². The number of aryl methyl sites for hydroxylation is 1. The van der Waals surface area contributed by atoms with Crippen molar-refractivity contribution in [1.82, 2.24) is 4.90 Å². The minimum absolute atomic E-state index is 0.0654. The SMILES string of the molecule is CCCc1ccc(C(=O)OC(C)CC(C)OC(=O)N(C(C)C)C(C)C)cc1. The van der Waals surface area contributed by atoms with Crippen LogP contribution in [0.4, 0.5) is 4.79 Å². The number of nitrogens with zero attached hydrogens (tertiary/aromatic N) is 1. The molecule has 2 unspecified atom stereocenters. The molecule has 152 valence electrons. The predicted molar refractivity (Wildman–Crippen MR) is 108 cm³/mol. The molecule has 0 aliphatic carbocycles. The van der Waals surface area contributed by atoms with Crippen LogP contribution in [-0.2, 0) is 15.9 Å². The van der Waals surface area contributed by atoms with Crippen LogP contribution in [0.25, 0.3) is 0 Å². The largest absolute Gasteiger partial charge is 0.459 e. The standard InChI is InChI=1S/C22H35NO4/c1-8-9-19-10-12-20(13-11-19)21(24)26-17(6)14-18(7)27-22(25)23(15(2)3)16(4)5/h10-13,15-18H,8-9,14H2,1-7H3. The number of hydrogen-bond donors (Lipinski definition) is 0. The zero-order chi connectivity index (χ0) is 20.6. The summed E-state index contributed by atoms with van der Waals surface area (Å²) in [4.78, 5) is 26.3. The molecule has 1 rings (SSSR count). The maximum atomic E-state index is 12.3. The van der Waals surface area contributed by atoms with E-state index in [9.17, 15) is 9.59 Å². The maximum Gasteiger partial charge on any atom is 0.410 e. The summed E-state index contributed by atoms with van der Waals surface area (Å²) in [5.74, 6) is -0.352. The van der Waals surface area contributed by atoms with Crippen molar-refractivity contribution in [2.45, 2.75) is 92.0 Å². The lowest BCUT2D eigenvalue weighted by Crippen LogP contribution is -2.43. The van der Waals surface area contributed by atoms with E-state index in [2.05, 4.69) is 6.92 Å². The van der Waals surface area contributed by atoms with E-state index in [4.69, 9.17) is 9.47 Å². The van der Waals surface area contributed by atoms with Gasteiger partial charge in [-0.1, -0.05) is 25.5 Å². The second-order valence-electron chi connectivity index (χ2n) is 7.69. The molecule has 0 aromatic heterocycles. The van der Waals surface area contributed by atoms with Crippen LogP contribution < -0.4 is 0 Å². The highest BCUT2D eigenvalue weighted by Gasteiger charge is 2.24. The molecular weight excluding hydrogens is 342 g/mol. The summed E-state index contributed by atoms with van der Waals surface area (Å²) in [6.07, 6.45) is 1.50. The van der Waals surface area contributed by atoms with Crippen LogP contribution in [0, 0.1) is 0 Å². The Morgan fingerprint density at radius 1 is 0.889 bits per heavy atom. The summed E-state index contributed by atoms with van der Waals surface area (Å²) in [6.45, 7) is 13.6. The van der Waals surface area contributed by atoms with E-state index in [1.54, 1.807) is 17.0 Å². The third kappa shape index (κ3) is 7.61. The Balaban J connectivity index is 2.53. The van der Waals surface area contributed by atoms with Gasteiger partial charge in [-0.25, -0.2) is 9.59 Å². The summed E-state index contributed by atoms with van der Waals surface area (Å²) in [6, 6.07) is 7.65. The van der Waals surface area contributed by atoms with Gasteiger partial charge in [-0.15, -0.1) is 0 Å². The first-order chi connectivity index (χ1) is 12.6. The van der Waals surface area contributed by atoms with E-state index in [-0.39, 0.29) is 36.4 Å². The van der Waals surface area contributed by atoms with Crippen LogP contribution >= 0.6 is 0 Å². The fourth-order valence-electron chi connectivity index (χ4n) is 3.16. The van der Waals surface area contributed by atoms with Gasteiger partial charge in [0.2, 0.25) is 0 Å². The van der Waals surface area contributed by atoms with Crippen molar-refractivity contribution in [2.24, 2.45) is 0 Å². The topological polar surface area (TPSA) is 55.8 Å². The summed E-state index contributed by atoms with van der Waals surface area (Å²) in [5.41, 5.74) is 1.75. The van der Waals surface area contributed by atoms with Crippen molar-refractivity contribution in [3.63, 3.8) is 0 Å². The Bertz CT molecular complexity index is 587. The van der Waals surface area contributed by atoms with Gasteiger partial charge in [-0.05, 0) is 65.7 Å². The highest BCUT2D eigenvalue weighted by molar-refractivity contribution is 5.89. The zero-order valence-electron chi connectivity index (χ0n) is 17.8. The molecule has 0 heterocycles. The van der Waals surface area contributed by atoms with Crippen molar-refractivity contribution in [3.8, 4) is 0 Å². The Morgan fingerprint density at radius 2 is 1.41 bits per heavy atom. The molecular formula is C22H35NO4. The highest BCUT2D eigenvalue weighted by atomic mass is 16.6. The second kappa shape index (κ2) is 11.0. The molecule has 1 amide bonds. The molecule has 0 fully saturated rings. The number of carbonyl (C=O) groups is 2. The molecule has 0 aliphatic rings. The molecule has 0 N–H and O–H groups in total. The molecule has 1 aromatic carbocycles. The van der Waals surface area contributed by atoms with Gasteiger partial charge in [-0.3, -0.25) is 0 Å². The third-order valence-electron chi connectivity index (χ3n) is 4.33. The number of carbonyl (C=O) groups excluding carboxylic acids is 2. The van der Waals surface area contributed by atoms with Gasteiger partial charge in [0.25, 0.3) is 0 Å². The fraction of sp³-hybridized carbons (Fsp3) is 0.636. The lowest BCUT2D eigenvalue weighted by Gasteiger charge is -2.31. The second-order valence-corrected chi connectivity index (χ2v) is 7.69. The van der Waals surface area contributed by atoms with Crippen LogP contribution in [0.3, 0.4) is 0 Å². The van der Waals surface area contributed by atoms with Crippen molar-refractivity contribution in [1.29, 1.82) is 0 Å². The average Bonchev–Trinajstić information content (AvgIpc) is 2.54. The number of ether oxygens (including phenoxy) is 2. The first kappa shape index (κ1) is 23.0. The van der Waals surface area contributed by atoms with Crippen LogP contribution in [0.2, 0.25) is 0 Å².